The van der Waals surface area contributed by atoms with E-state index in [0.29, 0.717) is 0 Å². The summed E-state index contributed by atoms with van der Waals surface area (Å²) >= 11 is 0. The number of aryl methyl sites for hydroxylation is 1. The lowest BCUT2D eigenvalue weighted by Gasteiger charge is -1.88. The lowest BCUT2D eigenvalue weighted by molar-refractivity contribution is 1.10. The molecule has 0 aliphatic rings. The van der Waals surface area contributed by atoms with Gasteiger partial charge in [0.1, 0.15) is 0 Å². The van der Waals surface area contributed by atoms with Crippen LogP contribution in [0.3, 0.4) is 0 Å². The van der Waals surface area contributed by atoms with Crippen molar-refractivity contribution in [1.82, 2.24) is 4.98 Å². The van der Waals surface area contributed by atoms with Crippen LogP contribution >= 0.6 is 24.0 Å². The summed E-state index contributed by atoms with van der Waals surface area (Å²) in [4.78, 5) is 3.96. The highest BCUT2D eigenvalue weighted by atomic mass is 127. The fraction of sp³-hybridized carbons (Fsp3) is 0.444. The second-order valence-corrected chi connectivity index (χ2v) is 1.71. The molecule has 1 heterocycles. The number of pyridine rings is 1. The molecule has 0 unspecified atom stereocenters. The zero-order chi connectivity index (χ0) is 7.82. The summed E-state index contributed by atoms with van der Waals surface area (Å²) in [7, 11) is 0. The molecule has 0 bridgehead atoms. The summed E-state index contributed by atoms with van der Waals surface area (Å²) in [5, 5.41) is 0. The number of hydrogen-bond acceptors (Lipinski definition) is 1. The minimum atomic E-state index is 0. The summed E-state index contributed by atoms with van der Waals surface area (Å²) < 4.78 is 0. The molecule has 0 saturated carbocycles. The molecule has 0 amide bonds. The Bertz CT molecular complexity index is 151. The molecule has 1 rings (SSSR count). The summed E-state index contributed by atoms with van der Waals surface area (Å²) in [5.41, 5.74) is 1.30. The Balaban J connectivity index is 0. The third-order valence-electron chi connectivity index (χ3n) is 1.13. The molecule has 0 spiro atoms. The Morgan fingerprint density at radius 3 is 2.27 bits per heavy atom. The minimum absolute atomic E-state index is 0. The van der Waals surface area contributed by atoms with Gasteiger partial charge in [-0.15, -0.1) is 24.0 Å². The Labute approximate surface area is 86.3 Å². The van der Waals surface area contributed by atoms with E-state index in [2.05, 4.69) is 18.0 Å². The molecule has 0 aliphatic carbocycles. The molecule has 11 heavy (non-hydrogen) atoms. The molecule has 0 aliphatic heterocycles. The molecular formula is C9H16IN. The first kappa shape index (κ1) is 13.5. The third kappa shape index (κ3) is 6.28. The molecule has 0 N–H and O–H groups in total. The topological polar surface area (TPSA) is 12.9 Å². The van der Waals surface area contributed by atoms with Crippen molar-refractivity contribution >= 4 is 24.0 Å². The van der Waals surface area contributed by atoms with Crippen LogP contribution in [0.15, 0.2) is 24.5 Å². The summed E-state index contributed by atoms with van der Waals surface area (Å²) in [5.74, 6) is 0. The fourth-order valence-corrected chi connectivity index (χ4v) is 0.607. The molecule has 1 nitrogen and oxygen atoms in total. The van der Waals surface area contributed by atoms with Crippen LogP contribution in [-0.2, 0) is 6.42 Å². The minimum Gasteiger partial charge on any atom is -0.264 e. The Hall–Kier alpha value is -0.120. The van der Waals surface area contributed by atoms with Crippen molar-refractivity contribution in [1.29, 1.82) is 0 Å². The van der Waals surface area contributed by atoms with Crippen LogP contribution in [0.5, 0.6) is 0 Å². The van der Waals surface area contributed by atoms with Crippen molar-refractivity contribution in [2.45, 2.75) is 27.2 Å². The van der Waals surface area contributed by atoms with Crippen molar-refractivity contribution in [2.24, 2.45) is 0 Å². The van der Waals surface area contributed by atoms with Gasteiger partial charge in [0.15, 0.2) is 0 Å². The highest BCUT2D eigenvalue weighted by Gasteiger charge is 1.81. The standard InChI is InChI=1S/C7H9N.C2H6.HI/c1-2-7-4-3-5-8-6-7;1-2;/h3-6H,2H2,1H3;1-2H3;1H. The van der Waals surface area contributed by atoms with Crippen LogP contribution in [0.4, 0.5) is 0 Å². The first-order valence-electron chi connectivity index (χ1n) is 3.82. The highest BCUT2D eigenvalue weighted by molar-refractivity contribution is 14.0. The monoisotopic (exact) mass is 265 g/mol. The molecular weight excluding hydrogens is 249 g/mol. The second-order valence-electron chi connectivity index (χ2n) is 1.71. The van der Waals surface area contributed by atoms with Gasteiger partial charge >= 0.3 is 0 Å². The smallest absolute Gasteiger partial charge is 0.0299 e. The second kappa shape index (κ2) is 9.88. The van der Waals surface area contributed by atoms with E-state index in [1.54, 1.807) is 6.20 Å². The van der Waals surface area contributed by atoms with Gasteiger partial charge in [-0.05, 0) is 18.1 Å². The number of hydrogen-bond donors (Lipinski definition) is 0. The number of rotatable bonds is 1. The van der Waals surface area contributed by atoms with E-state index in [0.717, 1.165) is 6.42 Å². The van der Waals surface area contributed by atoms with E-state index in [1.165, 1.54) is 5.56 Å². The molecule has 0 aromatic carbocycles. The van der Waals surface area contributed by atoms with Crippen LogP contribution in [-0.4, -0.2) is 4.98 Å². The van der Waals surface area contributed by atoms with Crippen molar-refractivity contribution in [3.8, 4) is 0 Å². The zero-order valence-corrected chi connectivity index (χ0v) is 9.70. The van der Waals surface area contributed by atoms with Crippen molar-refractivity contribution in [3.05, 3.63) is 30.1 Å². The maximum absolute atomic E-state index is 3.96. The highest BCUT2D eigenvalue weighted by Crippen LogP contribution is 1.93. The van der Waals surface area contributed by atoms with Gasteiger partial charge < -0.3 is 0 Å². The lowest BCUT2D eigenvalue weighted by Crippen LogP contribution is -1.77. The quantitative estimate of drug-likeness (QED) is 0.710. The summed E-state index contributed by atoms with van der Waals surface area (Å²) in [6.45, 7) is 6.12. The van der Waals surface area contributed by atoms with Crippen molar-refractivity contribution < 1.29 is 0 Å². The zero-order valence-electron chi connectivity index (χ0n) is 7.37. The summed E-state index contributed by atoms with van der Waals surface area (Å²) in [6, 6.07) is 4.03. The van der Waals surface area contributed by atoms with E-state index < -0.39 is 0 Å². The lowest BCUT2D eigenvalue weighted by atomic mass is 10.2. The van der Waals surface area contributed by atoms with Gasteiger partial charge in [0.2, 0.25) is 0 Å². The molecule has 64 valence electrons. The van der Waals surface area contributed by atoms with Crippen LogP contribution in [0.2, 0.25) is 0 Å². The Morgan fingerprint density at radius 2 is 2.00 bits per heavy atom. The Morgan fingerprint density at radius 1 is 1.36 bits per heavy atom. The predicted octanol–water partition coefficient (Wildman–Crippen LogP) is 3.29. The van der Waals surface area contributed by atoms with E-state index in [-0.39, 0.29) is 24.0 Å². The van der Waals surface area contributed by atoms with Gasteiger partial charge in [0.05, 0.1) is 0 Å². The van der Waals surface area contributed by atoms with Gasteiger partial charge in [-0.25, -0.2) is 0 Å². The molecule has 1 aromatic rings. The molecule has 2 heteroatoms. The molecule has 1 aromatic heterocycles. The average Bonchev–Trinajstić information content (AvgIpc) is 2.10. The van der Waals surface area contributed by atoms with Crippen LogP contribution in [0.1, 0.15) is 26.3 Å². The number of aromatic nitrogens is 1. The summed E-state index contributed by atoms with van der Waals surface area (Å²) in [6.07, 6.45) is 4.76. The first-order chi connectivity index (χ1) is 4.93. The van der Waals surface area contributed by atoms with E-state index in [9.17, 15) is 0 Å². The predicted molar refractivity (Wildman–Crippen MR) is 60.4 cm³/mol. The SMILES string of the molecule is CC.CCc1cccnc1.I. The fourth-order valence-electron chi connectivity index (χ4n) is 0.607. The average molecular weight is 265 g/mol. The normalized spacial score (nSPS) is 7.18. The van der Waals surface area contributed by atoms with Gasteiger partial charge in [0, 0.05) is 12.4 Å². The third-order valence-corrected chi connectivity index (χ3v) is 1.13. The largest absolute Gasteiger partial charge is 0.264 e. The van der Waals surface area contributed by atoms with Crippen LogP contribution in [0.25, 0.3) is 0 Å². The Kier molecular flexibility index (Phi) is 12.1. The molecule has 0 fully saturated rings. The maximum atomic E-state index is 3.96. The van der Waals surface area contributed by atoms with Gasteiger partial charge in [-0.1, -0.05) is 26.8 Å². The van der Waals surface area contributed by atoms with Crippen molar-refractivity contribution in [2.75, 3.05) is 0 Å². The van der Waals surface area contributed by atoms with E-state index >= 15 is 0 Å². The number of nitrogens with zero attached hydrogens (tertiary/aromatic N) is 1. The van der Waals surface area contributed by atoms with Crippen molar-refractivity contribution in [3.63, 3.8) is 0 Å². The van der Waals surface area contributed by atoms with Crippen LogP contribution in [0, 0.1) is 0 Å². The number of halogens is 1. The van der Waals surface area contributed by atoms with Gasteiger partial charge in [-0.2, -0.15) is 0 Å². The molecule has 0 radical (unpaired) electrons. The molecule has 0 saturated heterocycles. The van der Waals surface area contributed by atoms with E-state index in [4.69, 9.17) is 0 Å². The molecule has 0 atom stereocenters. The van der Waals surface area contributed by atoms with Gasteiger partial charge in [-0.3, -0.25) is 4.98 Å². The van der Waals surface area contributed by atoms with Gasteiger partial charge in [0.25, 0.3) is 0 Å². The first-order valence-corrected chi connectivity index (χ1v) is 3.82. The van der Waals surface area contributed by atoms with Crippen LogP contribution < -0.4 is 0 Å². The maximum Gasteiger partial charge on any atom is 0.0299 e. The van der Waals surface area contributed by atoms with E-state index in [1.807, 2.05) is 26.1 Å².